The molecule has 0 N–H and O–H groups in total. The summed E-state index contributed by atoms with van der Waals surface area (Å²) in [6.45, 7) is 10.9. The van der Waals surface area contributed by atoms with E-state index >= 15 is 0 Å². The van der Waals surface area contributed by atoms with Crippen LogP contribution in [-0.2, 0) is 9.59 Å². The fourth-order valence-corrected chi connectivity index (χ4v) is 25.3. The van der Waals surface area contributed by atoms with Gasteiger partial charge < -0.3 is 0 Å². The van der Waals surface area contributed by atoms with Crippen molar-refractivity contribution < 1.29 is 9.59 Å². The molecule has 0 aromatic rings. The van der Waals surface area contributed by atoms with E-state index in [2.05, 4.69) is 13.2 Å². The number of hydrogen-bond acceptors (Lipinski definition) is 4. The predicted octanol–water partition coefficient (Wildman–Crippen LogP) is 2.65. The monoisotopic (exact) mass is 510 g/mol. The van der Waals surface area contributed by atoms with E-state index in [1.807, 2.05) is 0 Å². The zero-order valence-corrected chi connectivity index (χ0v) is 18.3. The fourth-order valence-electron chi connectivity index (χ4n) is 1.15. The van der Waals surface area contributed by atoms with E-state index in [9.17, 15) is 9.59 Å². The molecule has 0 aromatic heterocycles. The van der Waals surface area contributed by atoms with Crippen molar-refractivity contribution in [1.29, 1.82) is 0 Å². The Morgan fingerprint density at radius 3 is 1.75 bits per heavy atom. The van der Waals surface area contributed by atoms with E-state index in [0.717, 1.165) is 18.9 Å². The zero-order chi connectivity index (χ0) is 15.1. The van der Waals surface area contributed by atoms with Crippen molar-refractivity contribution in [3.05, 3.63) is 24.3 Å². The first-order valence-corrected chi connectivity index (χ1v) is 14.3. The van der Waals surface area contributed by atoms with Crippen molar-refractivity contribution >= 4 is 78.6 Å². The maximum absolute atomic E-state index is 11.6. The summed E-state index contributed by atoms with van der Waals surface area (Å²) < 4.78 is 2.83. The van der Waals surface area contributed by atoms with Crippen molar-refractivity contribution in [1.82, 2.24) is 0 Å². The third kappa shape index (κ3) is 7.37. The van der Waals surface area contributed by atoms with E-state index in [0.29, 0.717) is 56.0 Å². The third-order valence-corrected chi connectivity index (χ3v) is 19.5. The van der Waals surface area contributed by atoms with Gasteiger partial charge in [-0.25, -0.2) is 0 Å². The van der Waals surface area contributed by atoms with Crippen LogP contribution in [0.3, 0.4) is 0 Å². The van der Waals surface area contributed by atoms with Crippen molar-refractivity contribution in [2.75, 3.05) is 11.5 Å². The second-order valence-electron chi connectivity index (χ2n) is 4.20. The molecule has 2 nitrogen and oxygen atoms in total. The van der Waals surface area contributed by atoms with Crippen LogP contribution < -0.4 is 0 Å². The van der Waals surface area contributed by atoms with Gasteiger partial charge >= 0.3 is 150 Å². The summed E-state index contributed by atoms with van der Waals surface area (Å²) in [6.07, 6.45) is 0. The molecule has 1 aliphatic rings. The van der Waals surface area contributed by atoms with Gasteiger partial charge in [0, 0.05) is 0 Å². The number of carbonyl (C=O) groups excluding carboxylic acids is 2. The molecule has 0 aromatic carbocycles. The molecule has 0 radical (unpaired) electrons. The van der Waals surface area contributed by atoms with E-state index < -0.39 is 0 Å². The summed E-state index contributed by atoms with van der Waals surface area (Å²) in [4.78, 5) is 23.2. The van der Waals surface area contributed by atoms with Crippen molar-refractivity contribution in [2.24, 2.45) is 0 Å². The van der Waals surface area contributed by atoms with E-state index in [4.69, 9.17) is 0 Å². The van der Waals surface area contributed by atoms with E-state index in [1.54, 1.807) is 13.8 Å². The number of rotatable bonds is 6. The molecule has 1 fully saturated rings. The molecule has 2 unspecified atom stereocenters. The molecule has 1 saturated heterocycles. The van der Waals surface area contributed by atoms with Crippen molar-refractivity contribution in [3.63, 3.8) is 0 Å². The summed E-state index contributed by atoms with van der Waals surface area (Å²) in [5.41, 5.74) is 1.29. The van der Waals surface area contributed by atoms with E-state index in [-0.39, 0.29) is 10.2 Å². The molecule has 0 aliphatic carbocycles. The fraction of sp³-hybridized carbons (Fsp3) is 0.538. The van der Waals surface area contributed by atoms with Crippen LogP contribution in [0.5, 0.6) is 0 Å². The molecule has 0 amide bonds. The molecule has 1 aliphatic heterocycles. The molecule has 112 valence electrons. The molecule has 20 heavy (non-hydrogen) atoms. The quantitative estimate of drug-likeness (QED) is 0.409. The first-order chi connectivity index (χ1) is 9.40. The Kier molecular flexibility index (Phi) is 9.53. The normalized spacial score (nSPS) is 22.3. The van der Waals surface area contributed by atoms with Gasteiger partial charge in [-0.2, -0.15) is 0 Å². The Morgan fingerprint density at radius 1 is 1.00 bits per heavy atom. The summed E-state index contributed by atoms with van der Waals surface area (Å²) in [7, 11) is 0. The summed E-state index contributed by atoms with van der Waals surface area (Å²) in [5, 5.41) is 0.270. The van der Waals surface area contributed by atoms with Gasteiger partial charge in [0.25, 0.3) is 0 Å². The molecular formula is C13H18O2S2Se3. The van der Waals surface area contributed by atoms with Gasteiger partial charge in [-0.3, -0.25) is 0 Å². The summed E-state index contributed by atoms with van der Waals surface area (Å²) in [6, 6.07) is 0. The number of thioether (sulfide) groups is 2. The second kappa shape index (κ2) is 9.97. The minimum atomic E-state index is 0.135. The minimum absolute atomic E-state index is 0.135. The van der Waals surface area contributed by atoms with Crippen LogP contribution in [-0.4, -0.2) is 66.6 Å². The molecule has 2 atom stereocenters. The van der Waals surface area contributed by atoms with Crippen LogP contribution in [0, 0.1) is 0 Å². The van der Waals surface area contributed by atoms with Crippen LogP contribution in [0.2, 0.25) is 11.6 Å². The van der Waals surface area contributed by atoms with Gasteiger partial charge in [-0.15, -0.1) is 0 Å². The third-order valence-electron chi connectivity index (χ3n) is 2.21. The van der Waals surface area contributed by atoms with Crippen LogP contribution in [0.15, 0.2) is 24.3 Å². The van der Waals surface area contributed by atoms with E-state index in [1.165, 1.54) is 27.7 Å². The first-order valence-electron chi connectivity index (χ1n) is 5.94. The Hall–Kier alpha value is 1.08. The molecule has 7 heteroatoms. The predicted molar refractivity (Wildman–Crippen MR) is 94.1 cm³/mol. The van der Waals surface area contributed by atoms with Crippen LogP contribution in [0.1, 0.15) is 13.8 Å². The van der Waals surface area contributed by atoms with Crippen LogP contribution in [0.25, 0.3) is 0 Å². The molecule has 0 bridgehead atoms. The Balaban J connectivity index is 2.31. The summed E-state index contributed by atoms with van der Waals surface area (Å²) in [5.74, 6) is 1.91. The van der Waals surface area contributed by atoms with Crippen molar-refractivity contribution in [3.8, 4) is 0 Å². The molecule has 0 saturated carbocycles. The maximum atomic E-state index is 11.6. The zero-order valence-electron chi connectivity index (χ0n) is 11.5. The molecule has 1 rings (SSSR count). The molecular weight excluding hydrogens is 489 g/mol. The van der Waals surface area contributed by atoms with Crippen LogP contribution >= 0.6 is 23.5 Å². The molecule has 0 spiro atoms. The second-order valence-corrected chi connectivity index (χ2v) is 19.0. The molecule has 1 heterocycles. The number of carbonyl (C=O) groups is 2. The van der Waals surface area contributed by atoms with Gasteiger partial charge in [0.15, 0.2) is 0 Å². The topological polar surface area (TPSA) is 34.1 Å². The van der Waals surface area contributed by atoms with Gasteiger partial charge in [0.05, 0.1) is 0 Å². The SMILES string of the molecule is C=C(C)C(=O)SCC1[Se]C[Se]C(CSC(=O)C(=C)C)[Se]1. The van der Waals surface area contributed by atoms with Gasteiger partial charge in [-0.05, 0) is 0 Å². The Bertz CT molecular complexity index is 376. The average Bonchev–Trinajstić information content (AvgIpc) is 2.42. The standard InChI is InChI=1S/C13H18O2S2Se3/c1-8(2)12(14)16-5-10-18-7-19-11(20-10)6-17-13(15)9(3)4/h10-11H,1,3,5-7H2,2,4H3. The Morgan fingerprint density at radius 2 is 1.40 bits per heavy atom. The average molecular weight is 507 g/mol. The first kappa shape index (κ1) is 19.1. The van der Waals surface area contributed by atoms with Gasteiger partial charge in [-0.1, -0.05) is 0 Å². The van der Waals surface area contributed by atoms with Gasteiger partial charge in [0.1, 0.15) is 0 Å². The van der Waals surface area contributed by atoms with Crippen LogP contribution in [0.4, 0.5) is 0 Å². The van der Waals surface area contributed by atoms with Crippen molar-refractivity contribution in [2.45, 2.75) is 25.5 Å². The summed E-state index contributed by atoms with van der Waals surface area (Å²) >= 11 is 4.85. The Labute approximate surface area is 148 Å². The number of hydrogen-bond donors (Lipinski definition) is 0. The van der Waals surface area contributed by atoms with Gasteiger partial charge in [0.2, 0.25) is 0 Å².